The van der Waals surface area contributed by atoms with Crippen molar-refractivity contribution in [3.8, 4) is 0 Å². The molecule has 1 atom stereocenters. The Kier molecular flexibility index (Phi) is 4.30. The number of hydrogen-bond acceptors (Lipinski definition) is 1. The SMILES string of the molecule is CCC[SiH](NC(N)=O)C(C)(C)C. The minimum Gasteiger partial charge on any atom is -0.367 e. The molecular weight excluding hydrogens is 168 g/mol. The lowest BCUT2D eigenvalue weighted by atomic mass is 10.2. The number of carbonyl (C=O) groups is 1. The van der Waals surface area contributed by atoms with Gasteiger partial charge >= 0.3 is 6.03 Å². The average molecular weight is 188 g/mol. The highest BCUT2D eigenvalue weighted by Crippen LogP contribution is 2.27. The lowest BCUT2D eigenvalue weighted by Crippen LogP contribution is -2.47. The number of hydrogen-bond donors (Lipinski definition) is 2. The smallest absolute Gasteiger partial charge is 0.304 e. The zero-order chi connectivity index (χ0) is 9.78. The molecule has 3 nitrogen and oxygen atoms in total. The summed E-state index contributed by atoms with van der Waals surface area (Å²) in [4.78, 5) is 13.6. The van der Waals surface area contributed by atoms with Gasteiger partial charge in [0.15, 0.2) is 0 Å². The molecule has 0 aromatic carbocycles. The van der Waals surface area contributed by atoms with Gasteiger partial charge in [-0.3, -0.25) is 4.79 Å². The number of nitrogens with one attached hydrogen (secondary N) is 1. The van der Waals surface area contributed by atoms with Gasteiger partial charge < -0.3 is 10.7 Å². The molecule has 0 aromatic rings. The zero-order valence-corrected chi connectivity index (χ0v) is 9.63. The predicted molar refractivity (Wildman–Crippen MR) is 54.7 cm³/mol. The maximum absolute atomic E-state index is 10.7. The second kappa shape index (κ2) is 4.50. The van der Waals surface area contributed by atoms with Crippen LogP contribution in [0.2, 0.25) is 11.1 Å². The van der Waals surface area contributed by atoms with Crippen LogP contribution in [0, 0.1) is 0 Å². The van der Waals surface area contributed by atoms with Crippen molar-refractivity contribution in [2.45, 2.75) is 45.2 Å². The van der Waals surface area contributed by atoms with E-state index >= 15 is 0 Å². The molecule has 12 heavy (non-hydrogen) atoms. The Morgan fingerprint density at radius 3 is 2.25 bits per heavy atom. The first-order valence-electron chi connectivity index (χ1n) is 4.44. The molecule has 4 heteroatoms. The van der Waals surface area contributed by atoms with Gasteiger partial charge in [0, 0.05) is 0 Å². The second-order valence-electron chi connectivity index (χ2n) is 4.22. The molecule has 0 fully saturated rings. The first-order chi connectivity index (χ1) is 5.38. The fraction of sp³-hybridized carbons (Fsp3) is 0.875. The van der Waals surface area contributed by atoms with Crippen LogP contribution >= 0.6 is 0 Å². The Balaban J connectivity index is 4.13. The highest BCUT2D eigenvalue weighted by Gasteiger charge is 2.26. The van der Waals surface area contributed by atoms with Gasteiger partial charge in [-0.1, -0.05) is 34.1 Å². The molecule has 0 aliphatic rings. The third kappa shape index (κ3) is 4.38. The van der Waals surface area contributed by atoms with Crippen molar-refractivity contribution >= 4 is 15.0 Å². The summed E-state index contributed by atoms with van der Waals surface area (Å²) in [5.41, 5.74) is 5.10. The molecular formula is C8H20N2OSi. The summed E-state index contributed by atoms with van der Waals surface area (Å²) in [6.07, 6.45) is 1.12. The Labute approximate surface area is 76.4 Å². The minimum absolute atomic E-state index is 0.227. The Morgan fingerprint density at radius 1 is 1.50 bits per heavy atom. The molecule has 0 heterocycles. The van der Waals surface area contributed by atoms with Crippen LogP contribution in [-0.2, 0) is 0 Å². The van der Waals surface area contributed by atoms with Gasteiger partial charge in [-0.2, -0.15) is 0 Å². The number of carbonyl (C=O) groups excluding carboxylic acids is 1. The van der Waals surface area contributed by atoms with Crippen molar-refractivity contribution in [2.75, 3.05) is 0 Å². The van der Waals surface area contributed by atoms with Gasteiger partial charge in [0.05, 0.1) is 0 Å². The van der Waals surface area contributed by atoms with Gasteiger partial charge in [0.1, 0.15) is 8.96 Å². The Bertz CT molecular complexity index is 154. The van der Waals surface area contributed by atoms with E-state index < -0.39 is 8.96 Å². The molecule has 0 aliphatic heterocycles. The molecule has 0 aliphatic carbocycles. The summed E-state index contributed by atoms with van der Waals surface area (Å²) in [7, 11) is -1.20. The van der Waals surface area contributed by atoms with Crippen molar-refractivity contribution in [3.05, 3.63) is 0 Å². The molecule has 0 aromatic heterocycles. The van der Waals surface area contributed by atoms with Crippen LogP contribution in [0.4, 0.5) is 4.79 Å². The third-order valence-corrected chi connectivity index (χ3v) is 5.82. The molecule has 0 rings (SSSR count). The number of nitrogens with two attached hydrogens (primary N) is 1. The van der Waals surface area contributed by atoms with Crippen LogP contribution < -0.4 is 10.7 Å². The third-order valence-electron chi connectivity index (χ3n) is 1.94. The van der Waals surface area contributed by atoms with Crippen molar-refractivity contribution in [2.24, 2.45) is 5.73 Å². The van der Waals surface area contributed by atoms with Gasteiger partial charge in [0.25, 0.3) is 0 Å². The van der Waals surface area contributed by atoms with Crippen LogP contribution in [0.5, 0.6) is 0 Å². The van der Waals surface area contributed by atoms with E-state index in [9.17, 15) is 4.79 Å². The molecule has 0 saturated carbocycles. The van der Waals surface area contributed by atoms with E-state index in [4.69, 9.17) is 5.73 Å². The lowest BCUT2D eigenvalue weighted by Gasteiger charge is -2.28. The highest BCUT2D eigenvalue weighted by atomic mass is 28.3. The van der Waals surface area contributed by atoms with Crippen LogP contribution in [0.15, 0.2) is 0 Å². The summed E-state index contributed by atoms with van der Waals surface area (Å²) in [5, 5.41) is 0.227. The minimum atomic E-state index is -1.20. The second-order valence-corrected chi connectivity index (χ2v) is 7.92. The van der Waals surface area contributed by atoms with Gasteiger partial charge in [-0.15, -0.1) is 0 Å². The van der Waals surface area contributed by atoms with Crippen LogP contribution in [0.3, 0.4) is 0 Å². The van der Waals surface area contributed by atoms with Crippen LogP contribution in [0.1, 0.15) is 34.1 Å². The quantitative estimate of drug-likeness (QED) is 0.649. The summed E-state index contributed by atoms with van der Waals surface area (Å²) in [5.74, 6) is 0. The molecule has 2 amide bonds. The van der Waals surface area contributed by atoms with Crippen LogP contribution in [-0.4, -0.2) is 15.0 Å². The zero-order valence-electron chi connectivity index (χ0n) is 8.48. The fourth-order valence-electron chi connectivity index (χ4n) is 1.18. The van der Waals surface area contributed by atoms with E-state index in [1.165, 1.54) is 0 Å². The van der Waals surface area contributed by atoms with Gasteiger partial charge in [0.2, 0.25) is 0 Å². The fourth-order valence-corrected chi connectivity index (χ4v) is 3.55. The highest BCUT2D eigenvalue weighted by molar-refractivity contribution is 6.62. The first kappa shape index (κ1) is 11.5. The van der Waals surface area contributed by atoms with Gasteiger partial charge in [-0.25, -0.2) is 0 Å². The van der Waals surface area contributed by atoms with Crippen molar-refractivity contribution in [3.63, 3.8) is 0 Å². The standard InChI is InChI=1S/C8H20N2OSi/c1-5-6-12(8(2,3)4)10-7(9)11/h12H,5-6H2,1-4H3,(H3,9,10,11). The maximum Gasteiger partial charge on any atom is 0.304 e. The number of primary amides is 1. The predicted octanol–water partition coefficient (Wildman–Crippen LogP) is 1.59. The van der Waals surface area contributed by atoms with Crippen LogP contribution in [0.25, 0.3) is 0 Å². The summed E-state index contributed by atoms with van der Waals surface area (Å²) >= 11 is 0. The molecule has 0 saturated heterocycles. The van der Waals surface area contributed by atoms with Crippen molar-refractivity contribution in [1.82, 2.24) is 4.98 Å². The largest absolute Gasteiger partial charge is 0.367 e. The number of rotatable bonds is 3. The monoisotopic (exact) mass is 188 g/mol. The number of urea groups is 1. The van der Waals surface area contributed by atoms with E-state index in [0.717, 1.165) is 12.5 Å². The average Bonchev–Trinajstić information content (AvgIpc) is 1.83. The first-order valence-corrected chi connectivity index (χ1v) is 6.41. The van der Waals surface area contributed by atoms with Gasteiger partial charge in [-0.05, 0) is 11.1 Å². The van der Waals surface area contributed by atoms with E-state index in [-0.39, 0.29) is 11.1 Å². The van der Waals surface area contributed by atoms with E-state index in [1.54, 1.807) is 0 Å². The molecule has 0 radical (unpaired) electrons. The normalized spacial score (nSPS) is 14.0. The summed E-state index contributed by atoms with van der Waals surface area (Å²) in [6, 6.07) is 0.752. The van der Waals surface area contributed by atoms with E-state index in [2.05, 4.69) is 32.7 Å². The van der Waals surface area contributed by atoms with E-state index in [1.807, 2.05) is 0 Å². The Hall–Kier alpha value is -0.513. The molecule has 0 spiro atoms. The summed E-state index contributed by atoms with van der Waals surface area (Å²) < 4.78 is 0. The molecule has 3 N–H and O–H groups in total. The van der Waals surface area contributed by atoms with Crippen molar-refractivity contribution < 1.29 is 4.79 Å². The Morgan fingerprint density at radius 2 is 2.00 bits per heavy atom. The maximum atomic E-state index is 10.7. The molecule has 1 unspecified atom stereocenters. The summed E-state index contributed by atoms with van der Waals surface area (Å²) in [6.45, 7) is 8.62. The topological polar surface area (TPSA) is 55.1 Å². The lowest BCUT2D eigenvalue weighted by molar-refractivity contribution is 0.253. The van der Waals surface area contributed by atoms with Crippen molar-refractivity contribution in [1.29, 1.82) is 0 Å². The van der Waals surface area contributed by atoms with E-state index in [0.29, 0.717) is 0 Å². The number of amides is 2. The molecule has 0 bridgehead atoms. The molecule has 72 valence electrons.